The Balaban J connectivity index is 1.57. The maximum atomic E-state index is 12.1. The first kappa shape index (κ1) is 17.8. The second-order valence-corrected chi connectivity index (χ2v) is 6.27. The lowest BCUT2D eigenvalue weighted by Gasteiger charge is -2.07. The molecule has 3 rings (SSSR count). The molecule has 0 spiro atoms. The molecular formula is C19H24N6O. The van der Waals surface area contributed by atoms with Crippen molar-refractivity contribution in [2.45, 2.75) is 33.2 Å². The fourth-order valence-electron chi connectivity index (χ4n) is 2.81. The predicted octanol–water partition coefficient (Wildman–Crippen LogP) is 2.32. The summed E-state index contributed by atoms with van der Waals surface area (Å²) < 4.78 is 1.79. The molecule has 0 saturated heterocycles. The lowest BCUT2D eigenvalue weighted by atomic mass is 10.1. The van der Waals surface area contributed by atoms with Crippen molar-refractivity contribution in [2.75, 3.05) is 18.4 Å². The highest BCUT2D eigenvalue weighted by Crippen LogP contribution is 2.18. The first-order valence-electron chi connectivity index (χ1n) is 8.90. The fourth-order valence-corrected chi connectivity index (χ4v) is 2.81. The van der Waals surface area contributed by atoms with Crippen LogP contribution in [0.1, 0.15) is 24.5 Å². The van der Waals surface area contributed by atoms with Gasteiger partial charge in [0.15, 0.2) is 5.65 Å². The zero-order valence-corrected chi connectivity index (χ0v) is 15.2. The van der Waals surface area contributed by atoms with E-state index in [1.807, 2.05) is 31.2 Å². The van der Waals surface area contributed by atoms with E-state index in [1.165, 1.54) is 6.33 Å². The average Bonchev–Trinajstić information content (AvgIpc) is 3.04. The number of carbonyl (C=O) groups is 1. The minimum Gasteiger partial charge on any atom is -0.369 e. The maximum absolute atomic E-state index is 12.1. The number of carbonyl (C=O) groups excluding carboxylic acids is 1. The van der Waals surface area contributed by atoms with Crippen LogP contribution >= 0.6 is 0 Å². The first-order valence-corrected chi connectivity index (χ1v) is 8.90. The Morgan fingerprint density at radius 1 is 1.23 bits per heavy atom. The van der Waals surface area contributed by atoms with Gasteiger partial charge in [-0.3, -0.25) is 4.79 Å². The van der Waals surface area contributed by atoms with E-state index in [1.54, 1.807) is 10.9 Å². The van der Waals surface area contributed by atoms with Crippen molar-refractivity contribution in [3.63, 3.8) is 0 Å². The summed E-state index contributed by atoms with van der Waals surface area (Å²) in [5.41, 5.74) is 2.95. The van der Waals surface area contributed by atoms with Gasteiger partial charge in [0.1, 0.15) is 12.1 Å². The zero-order valence-electron chi connectivity index (χ0n) is 15.2. The summed E-state index contributed by atoms with van der Waals surface area (Å²) in [6, 6.07) is 7.99. The van der Waals surface area contributed by atoms with E-state index in [0.29, 0.717) is 19.5 Å². The third-order valence-corrected chi connectivity index (χ3v) is 4.07. The van der Waals surface area contributed by atoms with Crippen LogP contribution in [0.15, 0.2) is 36.8 Å². The van der Waals surface area contributed by atoms with Gasteiger partial charge >= 0.3 is 0 Å². The number of aryl methyl sites for hydroxylation is 1. The molecule has 3 aromatic rings. The van der Waals surface area contributed by atoms with Gasteiger partial charge in [-0.1, -0.05) is 36.8 Å². The third-order valence-electron chi connectivity index (χ3n) is 4.07. The van der Waals surface area contributed by atoms with Gasteiger partial charge in [-0.2, -0.15) is 5.10 Å². The number of nitrogens with one attached hydrogen (secondary N) is 2. The predicted molar refractivity (Wildman–Crippen MR) is 102 cm³/mol. The molecule has 0 aliphatic heterocycles. The lowest BCUT2D eigenvalue weighted by Crippen LogP contribution is -2.28. The van der Waals surface area contributed by atoms with Crippen molar-refractivity contribution >= 4 is 22.8 Å². The van der Waals surface area contributed by atoms with Gasteiger partial charge in [-0.15, -0.1) is 0 Å². The van der Waals surface area contributed by atoms with Crippen molar-refractivity contribution in [1.29, 1.82) is 0 Å². The number of benzene rings is 1. The number of amides is 1. The van der Waals surface area contributed by atoms with Crippen molar-refractivity contribution in [2.24, 2.45) is 0 Å². The number of fused-ring (bicyclic) bond motifs is 1. The monoisotopic (exact) mass is 352 g/mol. The molecule has 0 saturated carbocycles. The van der Waals surface area contributed by atoms with Gasteiger partial charge in [-0.25, -0.2) is 14.6 Å². The van der Waals surface area contributed by atoms with E-state index >= 15 is 0 Å². The maximum Gasteiger partial charge on any atom is 0.224 e. The highest BCUT2D eigenvalue weighted by atomic mass is 16.1. The second kappa shape index (κ2) is 8.42. The van der Waals surface area contributed by atoms with Gasteiger partial charge in [0.25, 0.3) is 0 Å². The molecule has 0 atom stereocenters. The molecule has 0 bridgehead atoms. The molecule has 7 nitrogen and oxygen atoms in total. The fraction of sp³-hybridized carbons (Fsp3) is 0.368. The second-order valence-electron chi connectivity index (χ2n) is 6.27. The molecule has 2 N–H and O–H groups in total. The lowest BCUT2D eigenvalue weighted by molar-refractivity contribution is -0.120. The molecule has 1 aromatic carbocycles. The summed E-state index contributed by atoms with van der Waals surface area (Å²) in [6.07, 6.45) is 4.71. The highest BCUT2D eigenvalue weighted by molar-refractivity contribution is 5.86. The molecule has 0 fully saturated rings. The van der Waals surface area contributed by atoms with Crippen LogP contribution in [-0.4, -0.2) is 38.7 Å². The van der Waals surface area contributed by atoms with Gasteiger partial charge in [0, 0.05) is 13.1 Å². The first-order chi connectivity index (χ1) is 12.7. The van der Waals surface area contributed by atoms with Crippen LogP contribution < -0.4 is 10.6 Å². The number of aromatic nitrogens is 4. The Morgan fingerprint density at radius 3 is 2.92 bits per heavy atom. The largest absolute Gasteiger partial charge is 0.369 e. The molecular weight excluding hydrogens is 328 g/mol. The minimum atomic E-state index is 0.00647. The van der Waals surface area contributed by atoms with Crippen LogP contribution in [-0.2, 0) is 17.8 Å². The minimum absolute atomic E-state index is 0.00647. The topological polar surface area (TPSA) is 84.7 Å². The van der Waals surface area contributed by atoms with Crippen LogP contribution in [0.3, 0.4) is 0 Å². The number of hydrogen-bond acceptors (Lipinski definition) is 5. The molecule has 2 aromatic heterocycles. The molecule has 0 aliphatic rings. The number of hydrogen-bond donors (Lipinski definition) is 2. The van der Waals surface area contributed by atoms with Crippen molar-refractivity contribution in [3.05, 3.63) is 47.9 Å². The Bertz CT molecular complexity index is 889. The Labute approximate surface area is 152 Å². The Kier molecular flexibility index (Phi) is 5.78. The zero-order chi connectivity index (χ0) is 18.4. The average molecular weight is 352 g/mol. The van der Waals surface area contributed by atoms with E-state index in [2.05, 4.69) is 32.6 Å². The Morgan fingerprint density at radius 2 is 2.12 bits per heavy atom. The molecule has 0 radical (unpaired) electrons. The van der Waals surface area contributed by atoms with Crippen LogP contribution in [0.5, 0.6) is 0 Å². The summed E-state index contributed by atoms with van der Waals surface area (Å²) in [7, 11) is 0. The standard InChI is InChI=1S/C19H24N6O/c1-3-7-21-18-16-12-24-25(19(16)23-13-22-18)9-8-20-17(26)11-15-6-4-5-14(2)10-15/h4-6,10,12-13H,3,7-9,11H2,1-2H3,(H,20,26)(H,21,22,23). The highest BCUT2D eigenvalue weighted by Gasteiger charge is 2.10. The number of anilines is 1. The molecule has 7 heteroatoms. The molecule has 136 valence electrons. The van der Waals surface area contributed by atoms with Crippen molar-refractivity contribution < 1.29 is 4.79 Å². The smallest absolute Gasteiger partial charge is 0.224 e. The summed E-state index contributed by atoms with van der Waals surface area (Å²) in [4.78, 5) is 20.7. The number of nitrogens with zero attached hydrogens (tertiary/aromatic N) is 4. The van der Waals surface area contributed by atoms with Crippen LogP contribution in [0.25, 0.3) is 11.0 Å². The molecule has 2 heterocycles. The van der Waals surface area contributed by atoms with Gasteiger partial charge in [0.2, 0.25) is 5.91 Å². The normalized spacial score (nSPS) is 10.8. The molecule has 1 amide bonds. The third kappa shape index (κ3) is 4.36. The van der Waals surface area contributed by atoms with Crippen LogP contribution in [0.2, 0.25) is 0 Å². The molecule has 0 unspecified atom stereocenters. The Hall–Kier alpha value is -2.96. The van der Waals surface area contributed by atoms with E-state index < -0.39 is 0 Å². The van der Waals surface area contributed by atoms with Gasteiger partial charge < -0.3 is 10.6 Å². The summed E-state index contributed by atoms with van der Waals surface area (Å²) in [6.45, 7) is 6.05. The quantitative estimate of drug-likeness (QED) is 0.650. The summed E-state index contributed by atoms with van der Waals surface area (Å²) in [5.74, 6) is 0.804. The van der Waals surface area contributed by atoms with Crippen molar-refractivity contribution in [1.82, 2.24) is 25.1 Å². The van der Waals surface area contributed by atoms with Gasteiger partial charge in [0.05, 0.1) is 24.5 Å². The van der Waals surface area contributed by atoms with E-state index in [0.717, 1.165) is 40.9 Å². The van der Waals surface area contributed by atoms with E-state index in [-0.39, 0.29) is 5.91 Å². The van der Waals surface area contributed by atoms with E-state index in [9.17, 15) is 4.79 Å². The summed E-state index contributed by atoms with van der Waals surface area (Å²) in [5, 5.41) is 11.5. The molecule has 26 heavy (non-hydrogen) atoms. The number of rotatable bonds is 8. The van der Waals surface area contributed by atoms with Crippen LogP contribution in [0.4, 0.5) is 5.82 Å². The summed E-state index contributed by atoms with van der Waals surface area (Å²) >= 11 is 0. The molecule has 0 aliphatic carbocycles. The van der Waals surface area contributed by atoms with Crippen molar-refractivity contribution in [3.8, 4) is 0 Å². The van der Waals surface area contributed by atoms with Crippen LogP contribution in [0, 0.1) is 6.92 Å². The van der Waals surface area contributed by atoms with Gasteiger partial charge in [-0.05, 0) is 18.9 Å². The van der Waals surface area contributed by atoms with E-state index in [4.69, 9.17) is 0 Å². The SMILES string of the molecule is CCCNc1ncnc2c1cnn2CCNC(=O)Cc1cccc(C)c1.